The predicted octanol–water partition coefficient (Wildman–Crippen LogP) is 3.57. The molecule has 1 aromatic carbocycles. The van der Waals surface area contributed by atoms with Gasteiger partial charge in [-0.15, -0.1) is 6.42 Å². The first-order chi connectivity index (χ1) is 10.5. The Hall–Kier alpha value is -2.48. The summed E-state index contributed by atoms with van der Waals surface area (Å²) in [5, 5.41) is 11.8. The zero-order chi connectivity index (χ0) is 17.9. The number of hydrogen-bond donors (Lipinski definition) is 2. The number of carbonyl (C=O) groups excluding carboxylic acids is 1. The van der Waals surface area contributed by atoms with Gasteiger partial charge < -0.3 is 9.84 Å². The molecule has 0 saturated heterocycles. The lowest BCUT2D eigenvalue weighted by molar-refractivity contribution is -0.136. The highest BCUT2D eigenvalue weighted by Crippen LogP contribution is 2.31. The van der Waals surface area contributed by atoms with E-state index in [0.717, 1.165) is 11.1 Å². The number of carbonyl (C=O) groups is 2. The molecule has 0 aliphatic carbocycles. The maximum Gasteiger partial charge on any atom is 0.412 e. The molecule has 124 valence electrons. The number of anilines is 1. The molecule has 1 aromatic rings. The smallest absolute Gasteiger partial charge is 0.412 e. The average molecular weight is 317 g/mol. The monoisotopic (exact) mass is 317 g/mol. The van der Waals surface area contributed by atoms with Gasteiger partial charge in [-0.2, -0.15) is 0 Å². The maximum atomic E-state index is 12.0. The minimum atomic E-state index is -0.953. The molecule has 1 amide bonds. The van der Waals surface area contributed by atoms with E-state index in [1.807, 2.05) is 0 Å². The molecule has 1 rings (SSSR count). The van der Waals surface area contributed by atoms with Crippen LogP contribution in [0, 0.1) is 33.1 Å². The molecular formula is C18H23NO4. The van der Waals surface area contributed by atoms with Crippen LogP contribution < -0.4 is 5.32 Å². The third-order valence-corrected chi connectivity index (χ3v) is 3.50. The first-order valence-corrected chi connectivity index (χ1v) is 7.29. The van der Waals surface area contributed by atoms with Crippen molar-refractivity contribution >= 4 is 17.7 Å². The second-order valence-electron chi connectivity index (χ2n) is 6.45. The van der Waals surface area contributed by atoms with Crippen LogP contribution in [0.4, 0.5) is 10.5 Å². The Labute approximate surface area is 137 Å². The summed E-state index contributed by atoms with van der Waals surface area (Å²) in [6, 6.07) is 0. The highest BCUT2D eigenvalue weighted by atomic mass is 16.6. The Morgan fingerprint density at radius 2 is 1.74 bits per heavy atom. The summed E-state index contributed by atoms with van der Waals surface area (Å²) in [5.74, 6) is 1.63. The normalized spacial score (nSPS) is 10.8. The van der Waals surface area contributed by atoms with Gasteiger partial charge in [0.2, 0.25) is 0 Å². The Balaban J connectivity index is 3.39. The summed E-state index contributed by atoms with van der Waals surface area (Å²) < 4.78 is 5.26. The lowest BCUT2D eigenvalue weighted by Crippen LogP contribution is -2.28. The van der Waals surface area contributed by atoms with Crippen LogP contribution in [0.3, 0.4) is 0 Å². The van der Waals surface area contributed by atoms with E-state index in [2.05, 4.69) is 11.2 Å². The number of carboxylic acid groups (broad SMARTS) is 1. The van der Waals surface area contributed by atoms with Gasteiger partial charge >= 0.3 is 12.1 Å². The van der Waals surface area contributed by atoms with E-state index in [0.29, 0.717) is 22.4 Å². The van der Waals surface area contributed by atoms with E-state index in [9.17, 15) is 9.59 Å². The van der Waals surface area contributed by atoms with Crippen LogP contribution in [0.5, 0.6) is 0 Å². The summed E-state index contributed by atoms with van der Waals surface area (Å²) in [5.41, 5.74) is 3.25. The standard InChI is InChI=1S/C18H23NO4/c1-8-13-10(2)14(9-15(20)21)12(4)16(11(13)3)19-17(22)23-18(5,6)7/h1H,9H2,2-7H3,(H,19,22)(H,20,21). The fourth-order valence-electron chi connectivity index (χ4n) is 2.50. The van der Waals surface area contributed by atoms with Crippen LogP contribution >= 0.6 is 0 Å². The van der Waals surface area contributed by atoms with Crippen molar-refractivity contribution in [3.8, 4) is 12.3 Å². The van der Waals surface area contributed by atoms with Crippen molar-refractivity contribution in [1.82, 2.24) is 0 Å². The summed E-state index contributed by atoms with van der Waals surface area (Å²) >= 11 is 0. The third kappa shape index (κ3) is 4.49. The zero-order valence-electron chi connectivity index (χ0n) is 14.5. The number of carboxylic acids is 1. The zero-order valence-corrected chi connectivity index (χ0v) is 14.5. The summed E-state index contributed by atoms with van der Waals surface area (Å²) in [6.45, 7) is 10.7. The molecule has 0 atom stereocenters. The molecule has 0 unspecified atom stereocenters. The number of terminal acetylenes is 1. The molecule has 2 N–H and O–H groups in total. The third-order valence-electron chi connectivity index (χ3n) is 3.50. The van der Waals surface area contributed by atoms with E-state index in [1.54, 1.807) is 41.5 Å². The van der Waals surface area contributed by atoms with Crippen LogP contribution in [0.15, 0.2) is 0 Å². The van der Waals surface area contributed by atoms with Crippen molar-refractivity contribution in [1.29, 1.82) is 0 Å². The van der Waals surface area contributed by atoms with Gasteiger partial charge in [0.15, 0.2) is 0 Å². The van der Waals surface area contributed by atoms with Crippen molar-refractivity contribution < 1.29 is 19.4 Å². The summed E-state index contributed by atoms with van der Waals surface area (Å²) in [4.78, 5) is 23.2. The average Bonchev–Trinajstić information content (AvgIpc) is 2.38. The lowest BCUT2D eigenvalue weighted by Gasteiger charge is -2.23. The number of hydrogen-bond acceptors (Lipinski definition) is 3. The Morgan fingerprint density at radius 3 is 2.17 bits per heavy atom. The number of amides is 1. The van der Waals surface area contributed by atoms with Crippen molar-refractivity contribution in [3.05, 3.63) is 27.8 Å². The van der Waals surface area contributed by atoms with Gasteiger partial charge in [-0.05, 0) is 63.8 Å². The van der Waals surface area contributed by atoms with Crippen molar-refractivity contribution in [2.24, 2.45) is 0 Å². The molecule has 23 heavy (non-hydrogen) atoms. The van der Waals surface area contributed by atoms with Gasteiger partial charge in [-0.1, -0.05) is 5.92 Å². The molecule has 0 spiro atoms. The molecule has 0 saturated carbocycles. The first kappa shape index (κ1) is 18.6. The number of ether oxygens (including phenoxy) is 1. The maximum absolute atomic E-state index is 12.0. The summed E-state index contributed by atoms with van der Waals surface area (Å²) in [7, 11) is 0. The largest absolute Gasteiger partial charge is 0.481 e. The first-order valence-electron chi connectivity index (χ1n) is 7.29. The number of nitrogens with one attached hydrogen (secondary N) is 1. The number of benzene rings is 1. The van der Waals surface area contributed by atoms with E-state index < -0.39 is 17.7 Å². The van der Waals surface area contributed by atoms with Gasteiger partial charge in [-0.25, -0.2) is 4.79 Å². The molecule has 0 aromatic heterocycles. The number of rotatable bonds is 3. The SMILES string of the molecule is C#Cc1c(C)c(CC(=O)O)c(C)c(NC(=O)OC(C)(C)C)c1C. The van der Waals surface area contributed by atoms with Crippen LogP contribution in [-0.2, 0) is 16.0 Å². The minimum absolute atomic E-state index is 0.157. The molecule has 0 fully saturated rings. The Kier molecular flexibility index (Phi) is 5.44. The second kappa shape index (κ2) is 6.74. The van der Waals surface area contributed by atoms with Gasteiger partial charge in [0.1, 0.15) is 5.60 Å². The van der Waals surface area contributed by atoms with Gasteiger partial charge in [0.05, 0.1) is 12.1 Å². The molecule has 0 radical (unpaired) electrons. The fourth-order valence-corrected chi connectivity index (χ4v) is 2.50. The molecule has 5 nitrogen and oxygen atoms in total. The van der Waals surface area contributed by atoms with Crippen LogP contribution in [0.25, 0.3) is 0 Å². The fraction of sp³-hybridized carbons (Fsp3) is 0.444. The van der Waals surface area contributed by atoms with Crippen LogP contribution in [-0.4, -0.2) is 22.8 Å². The quantitative estimate of drug-likeness (QED) is 0.836. The highest BCUT2D eigenvalue weighted by Gasteiger charge is 2.22. The van der Waals surface area contributed by atoms with Crippen molar-refractivity contribution in [2.45, 2.75) is 53.6 Å². The predicted molar refractivity (Wildman–Crippen MR) is 89.8 cm³/mol. The molecule has 0 heterocycles. The molecular weight excluding hydrogens is 294 g/mol. The van der Waals surface area contributed by atoms with E-state index in [4.69, 9.17) is 16.3 Å². The molecule has 5 heteroatoms. The van der Waals surface area contributed by atoms with Crippen molar-refractivity contribution in [3.63, 3.8) is 0 Å². The summed E-state index contributed by atoms with van der Waals surface area (Å²) in [6.07, 6.45) is 4.80. The molecule has 0 bridgehead atoms. The highest BCUT2D eigenvalue weighted by molar-refractivity contribution is 5.89. The van der Waals surface area contributed by atoms with Gasteiger partial charge in [-0.3, -0.25) is 10.1 Å². The molecule has 0 aliphatic heterocycles. The van der Waals surface area contributed by atoms with Crippen LogP contribution in [0.1, 0.15) is 48.6 Å². The Bertz CT molecular complexity index is 691. The van der Waals surface area contributed by atoms with E-state index in [1.165, 1.54) is 0 Å². The Morgan fingerprint density at radius 1 is 1.17 bits per heavy atom. The minimum Gasteiger partial charge on any atom is -0.481 e. The van der Waals surface area contributed by atoms with Gasteiger partial charge in [0.25, 0.3) is 0 Å². The topological polar surface area (TPSA) is 75.6 Å². The van der Waals surface area contributed by atoms with E-state index >= 15 is 0 Å². The molecule has 0 aliphatic rings. The lowest BCUT2D eigenvalue weighted by atomic mass is 9.90. The van der Waals surface area contributed by atoms with E-state index in [-0.39, 0.29) is 6.42 Å². The second-order valence-corrected chi connectivity index (χ2v) is 6.45. The van der Waals surface area contributed by atoms with Crippen molar-refractivity contribution in [2.75, 3.05) is 5.32 Å². The van der Waals surface area contributed by atoms with Crippen LogP contribution in [0.2, 0.25) is 0 Å². The van der Waals surface area contributed by atoms with Gasteiger partial charge in [0, 0.05) is 5.56 Å². The number of aliphatic carboxylic acids is 1.